The lowest BCUT2D eigenvalue weighted by Crippen LogP contribution is -2.25. The lowest BCUT2D eigenvalue weighted by Gasteiger charge is -2.16. The van der Waals surface area contributed by atoms with Crippen molar-refractivity contribution in [2.75, 3.05) is 6.54 Å². The molecule has 0 saturated heterocycles. The monoisotopic (exact) mass is 317 g/mol. The van der Waals surface area contributed by atoms with Gasteiger partial charge in [0.05, 0.1) is 10.6 Å². The Bertz CT molecular complexity index is 738. The zero-order chi connectivity index (χ0) is 16.1. The van der Waals surface area contributed by atoms with Crippen LogP contribution in [0, 0.1) is 19.8 Å². The first kappa shape index (κ1) is 15.4. The quantitative estimate of drug-likeness (QED) is 0.938. The molecule has 0 aromatic carbocycles. The Hall–Kier alpha value is -1.49. The fraction of sp³-hybridized carbons (Fsp3) is 0.588. The number of nitrogens with zero attached hydrogens (tertiary/aromatic N) is 2. The molecule has 2 aromatic rings. The lowest BCUT2D eigenvalue weighted by molar-refractivity contribution is 0.0955. The maximum Gasteiger partial charge on any atom is 0.261 e. The number of aryl methyl sites for hydroxylation is 2. The first-order valence-corrected chi connectivity index (χ1v) is 8.65. The molecule has 1 aliphatic carbocycles. The van der Waals surface area contributed by atoms with E-state index in [-0.39, 0.29) is 11.3 Å². The van der Waals surface area contributed by atoms with Crippen LogP contribution in [0.5, 0.6) is 0 Å². The summed E-state index contributed by atoms with van der Waals surface area (Å²) in [7, 11) is 0. The Morgan fingerprint density at radius 1 is 1.27 bits per heavy atom. The van der Waals surface area contributed by atoms with Crippen LogP contribution in [0.4, 0.5) is 0 Å². The molecule has 3 rings (SSSR count). The van der Waals surface area contributed by atoms with Crippen molar-refractivity contribution < 1.29 is 4.79 Å². The molecular weight excluding hydrogens is 294 g/mol. The fourth-order valence-corrected chi connectivity index (χ4v) is 3.68. The summed E-state index contributed by atoms with van der Waals surface area (Å²) < 4.78 is 0. The van der Waals surface area contributed by atoms with Gasteiger partial charge in [0.2, 0.25) is 0 Å². The molecule has 0 spiro atoms. The first-order valence-electron chi connectivity index (χ1n) is 7.84. The van der Waals surface area contributed by atoms with Crippen molar-refractivity contribution in [3.8, 4) is 0 Å². The van der Waals surface area contributed by atoms with Crippen LogP contribution in [0.1, 0.15) is 60.4 Å². The number of hydrogen-bond donors (Lipinski definition) is 1. The second kappa shape index (κ2) is 5.30. The molecule has 2 aromatic heterocycles. The molecule has 5 heteroatoms. The number of thiophene rings is 1. The van der Waals surface area contributed by atoms with Gasteiger partial charge in [-0.05, 0) is 38.2 Å². The largest absolute Gasteiger partial charge is 0.351 e. The number of carbonyl (C=O) groups is 1. The zero-order valence-corrected chi connectivity index (χ0v) is 14.7. The van der Waals surface area contributed by atoms with E-state index in [9.17, 15) is 4.79 Å². The van der Waals surface area contributed by atoms with Gasteiger partial charge in [0.15, 0.2) is 0 Å². The molecule has 0 atom stereocenters. The average molecular weight is 317 g/mol. The van der Waals surface area contributed by atoms with Crippen LogP contribution in [0.3, 0.4) is 0 Å². The van der Waals surface area contributed by atoms with Crippen molar-refractivity contribution in [2.24, 2.45) is 5.92 Å². The molecule has 1 amide bonds. The van der Waals surface area contributed by atoms with E-state index in [1.165, 1.54) is 24.2 Å². The summed E-state index contributed by atoms with van der Waals surface area (Å²) >= 11 is 1.49. The van der Waals surface area contributed by atoms with Crippen LogP contribution in [0.2, 0.25) is 0 Å². The van der Waals surface area contributed by atoms with E-state index >= 15 is 0 Å². The Morgan fingerprint density at radius 3 is 2.55 bits per heavy atom. The number of amides is 1. The lowest BCUT2D eigenvalue weighted by atomic mass is 9.95. The molecule has 1 N–H and O–H groups in total. The third kappa shape index (κ3) is 2.86. The SMILES string of the molecule is Cc1nc(C(C)(C)C)nc2sc(C(=O)NCC3CC3)c(C)c12. The summed E-state index contributed by atoms with van der Waals surface area (Å²) in [6, 6.07) is 0. The van der Waals surface area contributed by atoms with E-state index in [1.807, 2.05) is 13.8 Å². The number of hydrogen-bond acceptors (Lipinski definition) is 4. The summed E-state index contributed by atoms with van der Waals surface area (Å²) in [5.41, 5.74) is 1.88. The van der Waals surface area contributed by atoms with E-state index in [0.29, 0.717) is 5.92 Å². The molecule has 1 saturated carbocycles. The van der Waals surface area contributed by atoms with Crippen LogP contribution in [0.15, 0.2) is 0 Å². The van der Waals surface area contributed by atoms with Gasteiger partial charge < -0.3 is 5.32 Å². The van der Waals surface area contributed by atoms with Crippen molar-refractivity contribution >= 4 is 27.5 Å². The third-order valence-electron chi connectivity index (χ3n) is 4.10. The van der Waals surface area contributed by atoms with Gasteiger partial charge in [0, 0.05) is 17.3 Å². The number of fused-ring (bicyclic) bond motifs is 1. The predicted octanol–water partition coefficient (Wildman–Crippen LogP) is 3.75. The van der Waals surface area contributed by atoms with Crippen LogP contribution < -0.4 is 5.32 Å². The maximum absolute atomic E-state index is 12.4. The molecule has 4 nitrogen and oxygen atoms in total. The fourth-order valence-electron chi connectivity index (χ4n) is 2.53. The molecule has 0 radical (unpaired) electrons. The van der Waals surface area contributed by atoms with Gasteiger partial charge in [0.1, 0.15) is 10.7 Å². The molecular formula is C17H23N3OS. The van der Waals surface area contributed by atoms with Gasteiger partial charge in [-0.3, -0.25) is 4.79 Å². The summed E-state index contributed by atoms with van der Waals surface area (Å²) in [6.45, 7) is 11.1. The Labute approximate surface area is 135 Å². The van der Waals surface area contributed by atoms with Gasteiger partial charge in [-0.25, -0.2) is 9.97 Å². The molecule has 0 bridgehead atoms. The highest BCUT2D eigenvalue weighted by atomic mass is 32.1. The normalized spacial score (nSPS) is 15.3. The molecule has 0 unspecified atom stereocenters. The van der Waals surface area contributed by atoms with Gasteiger partial charge in [-0.15, -0.1) is 11.3 Å². The molecule has 1 aliphatic rings. The van der Waals surface area contributed by atoms with Crippen LogP contribution >= 0.6 is 11.3 Å². The van der Waals surface area contributed by atoms with Crippen LogP contribution in [0.25, 0.3) is 10.2 Å². The molecule has 0 aliphatic heterocycles. The van der Waals surface area contributed by atoms with Crippen molar-refractivity contribution in [1.29, 1.82) is 0 Å². The predicted molar refractivity (Wildman–Crippen MR) is 90.6 cm³/mol. The Morgan fingerprint density at radius 2 is 1.95 bits per heavy atom. The number of carbonyl (C=O) groups excluding carboxylic acids is 1. The van der Waals surface area contributed by atoms with E-state index in [0.717, 1.165) is 38.7 Å². The number of aromatic nitrogens is 2. The first-order chi connectivity index (χ1) is 10.3. The molecule has 22 heavy (non-hydrogen) atoms. The standard InChI is InChI=1S/C17H23N3OS/c1-9-12-10(2)19-16(17(3,4)5)20-15(12)22-13(9)14(21)18-8-11-6-7-11/h11H,6-8H2,1-5H3,(H,18,21). The second-order valence-corrected chi connectivity index (χ2v) is 8.27. The van der Waals surface area contributed by atoms with Gasteiger partial charge in [0.25, 0.3) is 5.91 Å². The number of rotatable bonds is 3. The van der Waals surface area contributed by atoms with Gasteiger partial charge >= 0.3 is 0 Å². The molecule has 2 heterocycles. The zero-order valence-electron chi connectivity index (χ0n) is 13.9. The molecule has 1 fully saturated rings. The highest BCUT2D eigenvalue weighted by Gasteiger charge is 2.25. The minimum Gasteiger partial charge on any atom is -0.351 e. The van der Waals surface area contributed by atoms with Crippen molar-refractivity contribution in [2.45, 2.75) is 52.9 Å². The highest BCUT2D eigenvalue weighted by Crippen LogP contribution is 2.33. The third-order valence-corrected chi connectivity index (χ3v) is 5.28. The topological polar surface area (TPSA) is 54.9 Å². The van der Waals surface area contributed by atoms with E-state index < -0.39 is 0 Å². The minimum absolute atomic E-state index is 0.0316. The maximum atomic E-state index is 12.4. The van der Waals surface area contributed by atoms with E-state index in [4.69, 9.17) is 4.98 Å². The van der Waals surface area contributed by atoms with Crippen molar-refractivity contribution in [3.63, 3.8) is 0 Å². The van der Waals surface area contributed by atoms with Crippen LogP contribution in [-0.4, -0.2) is 22.4 Å². The van der Waals surface area contributed by atoms with Gasteiger partial charge in [-0.2, -0.15) is 0 Å². The smallest absolute Gasteiger partial charge is 0.261 e. The minimum atomic E-state index is -0.0920. The van der Waals surface area contributed by atoms with Gasteiger partial charge in [-0.1, -0.05) is 20.8 Å². The average Bonchev–Trinajstić information content (AvgIpc) is 3.18. The summed E-state index contributed by atoms with van der Waals surface area (Å²) in [4.78, 5) is 23.5. The Kier molecular flexibility index (Phi) is 3.71. The summed E-state index contributed by atoms with van der Waals surface area (Å²) in [5, 5.41) is 4.09. The highest BCUT2D eigenvalue weighted by molar-refractivity contribution is 7.20. The van der Waals surface area contributed by atoms with Crippen molar-refractivity contribution in [3.05, 3.63) is 22.0 Å². The van der Waals surface area contributed by atoms with E-state index in [2.05, 4.69) is 31.1 Å². The number of nitrogens with one attached hydrogen (secondary N) is 1. The van der Waals surface area contributed by atoms with Crippen LogP contribution in [-0.2, 0) is 5.41 Å². The Balaban J connectivity index is 2.00. The van der Waals surface area contributed by atoms with E-state index in [1.54, 1.807) is 0 Å². The second-order valence-electron chi connectivity index (χ2n) is 7.27. The van der Waals surface area contributed by atoms with Crippen molar-refractivity contribution in [1.82, 2.24) is 15.3 Å². The molecule has 118 valence electrons. The summed E-state index contributed by atoms with van der Waals surface area (Å²) in [6.07, 6.45) is 2.48. The summed E-state index contributed by atoms with van der Waals surface area (Å²) in [5.74, 6) is 1.56.